The standard InChI is InChI=1S/C19H18ClN3O3/c1-11-6-4-9-17-21-16(10-23(11)17)19(25)26-13(3)18(24)22-15-8-5-7-14(20)12(15)2/h4-10,13H,1-3H3,(H,22,24)/t13-/m1/s1. The smallest absolute Gasteiger partial charge is 0.359 e. The van der Waals surface area contributed by atoms with Gasteiger partial charge in [-0.1, -0.05) is 23.7 Å². The molecular weight excluding hydrogens is 354 g/mol. The SMILES string of the molecule is Cc1c(Cl)cccc1NC(=O)[C@@H](C)OC(=O)c1cn2c(C)cccc2n1. The number of amides is 1. The number of aromatic nitrogens is 2. The number of nitrogens with zero attached hydrogens (tertiary/aromatic N) is 2. The molecule has 26 heavy (non-hydrogen) atoms. The minimum Gasteiger partial charge on any atom is -0.448 e. The van der Waals surface area contributed by atoms with E-state index < -0.39 is 18.0 Å². The molecule has 0 spiro atoms. The largest absolute Gasteiger partial charge is 0.448 e. The van der Waals surface area contributed by atoms with Crippen molar-refractivity contribution in [2.24, 2.45) is 0 Å². The van der Waals surface area contributed by atoms with Gasteiger partial charge in [0.1, 0.15) is 5.65 Å². The summed E-state index contributed by atoms with van der Waals surface area (Å²) in [7, 11) is 0. The molecule has 1 aromatic carbocycles. The predicted molar refractivity (Wildman–Crippen MR) is 99.6 cm³/mol. The number of rotatable bonds is 4. The van der Waals surface area contributed by atoms with Gasteiger partial charge in [-0.25, -0.2) is 9.78 Å². The number of hydrogen-bond acceptors (Lipinski definition) is 4. The number of hydrogen-bond donors (Lipinski definition) is 1. The van der Waals surface area contributed by atoms with Crippen molar-refractivity contribution >= 4 is 34.8 Å². The second kappa shape index (κ2) is 7.17. The lowest BCUT2D eigenvalue weighted by atomic mass is 10.2. The minimum absolute atomic E-state index is 0.151. The maximum absolute atomic E-state index is 12.3. The van der Waals surface area contributed by atoms with Crippen LogP contribution in [0.2, 0.25) is 5.02 Å². The third-order valence-electron chi connectivity index (χ3n) is 4.08. The summed E-state index contributed by atoms with van der Waals surface area (Å²) in [5, 5.41) is 3.27. The van der Waals surface area contributed by atoms with Gasteiger partial charge in [-0.15, -0.1) is 0 Å². The number of halogens is 1. The summed E-state index contributed by atoms with van der Waals surface area (Å²) in [6, 6.07) is 10.8. The molecule has 0 fully saturated rings. The summed E-state index contributed by atoms with van der Waals surface area (Å²) in [5.41, 5.74) is 3.06. The first-order valence-electron chi connectivity index (χ1n) is 8.08. The van der Waals surface area contributed by atoms with Gasteiger partial charge in [0.15, 0.2) is 11.8 Å². The second-order valence-corrected chi connectivity index (χ2v) is 6.38. The van der Waals surface area contributed by atoms with E-state index in [0.717, 1.165) is 11.3 Å². The van der Waals surface area contributed by atoms with Crippen molar-refractivity contribution in [3.05, 3.63) is 64.6 Å². The van der Waals surface area contributed by atoms with Crippen molar-refractivity contribution in [2.75, 3.05) is 5.32 Å². The lowest BCUT2D eigenvalue weighted by molar-refractivity contribution is -0.123. The van der Waals surface area contributed by atoms with Gasteiger partial charge in [-0.2, -0.15) is 0 Å². The summed E-state index contributed by atoms with van der Waals surface area (Å²) in [4.78, 5) is 28.9. The molecule has 1 amide bonds. The number of pyridine rings is 1. The molecule has 6 nitrogen and oxygen atoms in total. The third kappa shape index (κ3) is 3.55. The van der Waals surface area contributed by atoms with Crippen LogP contribution in [0.5, 0.6) is 0 Å². The molecule has 7 heteroatoms. The molecule has 2 aromatic heterocycles. The lowest BCUT2D eigenvalue weighted by Gasteiger charge is -2.14. The Hall–Kier alpha value is -2.86. The van der Waals surface area contributed by atoms with E-state index in [0.29, 0.717) is 16.4 Å². The Balaban J connectivity index is 1.70. The van der Waals surface area contributed by atoms with E-state index in [4.69, 9.17) is 16.3 Å². The van der Waals surface area contributed by atoms with Gasteiger partial charge in [-0.05, 0) is 50.6 Å². The van der Waals surface area contributed by atoms with E-state index in [9.17, 15) is 9.59 Å². The maximum atomic E-state index is 12.3. The quantitative estimate of drug-likeness (QED) is 0.708. The Morgan fingerprint density at radius 3 is 2.65 bits per heavy atom. The number of benzene rings is 1. The number of esters is 1. The lowest BCUT2D eigenvalue weighted by Crippen LogP contribution is -2.30. The molecule has 1 N–H and O–H groups in total. The summed E-state index contributed by atoms with van der Waals surface area (Å²) >= 11 is 6.05. The first-order valence-corrected chi connectivity index (χ1v) is 8.46. The Morgan fingerprint density at radius 2 is 1.92 bits per heavy atom. The summed E-state index contributed by atoms with van der Waals surface area (Å²) in [6.45, 7) is 5.22. The molecule has 1 atom stereocenters. The number of imidazole rings is 1. The van der Waals surface area contributed by atoms with E-state index in [1.54, 1.807) is 41.8 Å². The van der Waals surface area contributed by atoms with Crippen LogP contribution in [0.25, 0.3) is 5.65 Å². The van der Waals surface area contributed by atoms with Crippen molar-refractivity contribution in [2.45, 2.75) is 26.9 Å². The van der Waals surface area contributed by atoms with Gasteiger partial charge < -0.3 is 14.5 Å². The van der Waals surface area contributed by atoms with Crippen molar-refractivity contribution in [1.29, 1.82) is 0 Å². The fourth-order valence-corrected chi connectivity index (χ4v) is 2.67. The zero-order chi connectivity index (χ0) is 18.8. The minimum atomic E-state index is -0.980. The van der Waals surface area contributed by atoms with E-state index >= 15 is 0 Å². The van der Waals surface area contributed by atoms with Gasteiger partial charge >= 0.3 is 5.97 Å². The van der Waals surface area contributed by atoms with Gasteiger partial charge in [0.25, 0.3) is 5.91 Å². The molecule has 0 aliphatic rings. The van der Waals surface area contributed by atoms with E-state index in [1.165, 1.54) is 6.92 Å². The van der Waals surface area contributed by atoms with E-state index in [1.807, 2.05) is 19.1 Å². The number of carbonyl (C=O) groups is 2. The average Bonchev–Trinajstić information content (AvgIpc) is 3.04. The molecular formula is C19H18ClN3O3. The predicted octanol–water partition coefficient (Wildman–Crippen LogP) is 3.79. The topological polar surface area (TPSA) is 72.7 Å². The van der Waals surface area contributed by atoms with Crippen LogP contribution in [0.4, 0.5) is 5.69 Å². The van der Waals surface area contributed by atoms with Crippen molar-refractivity contribution in [3.8, 4) is 0 Å². The second-order valence-electron chi connectivity index (χ2n) is 5.97. The molecule has 0 aliphatic heterocycles. The Bertz CT molecular complexity index is 997. The van der Waals surface area contributed by atoms with Crippen LogP contribution in [0.15, 0.2) is 42.6 Å². The Labute approximate surface area is 155 Å². The van der Waals surface area contributed by atoms with E-state index in [-0.39, 0.29) is 5.69 Å². The fourth-order valence-electron chi connectivity index (χ4n) is 2.50. The summed E-state index contributed by atoms with van der Waals surface area (Å²) in [6.07, 6.45) is 0.616. The molecule has 0 radical (unpaired) electrons. The van der Waals surface area contributed by atoms with Crippen molar-refractivity contribution in [3.63, 3.8) is 0 Å². The zero-order valence-electron chi connectivity index (χ0n) is 14.6. The highest BCUT2D eigenvalue weighted by atomic mass is 35.5. The van der Waals surface area contributed by atoms with Gasteiger partial charge in [0.2, 0.25) is 0 Å². The number of ether oxygens (including phenoxy) is 1. The van der Waals surface area contributed by atoms with Crippen molar-refractivity contribution in [1.82, 2.24) is 9.38 Å². The van der Waals surface area contributed by atoms with Gasteiger partial charge in [0, 0.05) is 22.6 Å². The highest BCUT2D eigenvalue weighted by Gasteiger charge is 2.21. The Kier molecular flexibility index (Phi) is 4.95. The van der Waals surface area contributed by atoms with Gasteiger partial charge in [0.05, 0.1) is 0 Å². The maximum Gasteiger partial charge on any atom is 0.359 e. The molecule has 0 unspecified atom stereocenters. The molecule has 3 rings (SSSR count). The number of carbonyl (C=O) groups excluding carboxylic acids is 2. The van der Waals surface area contributed by atoms with E-state index in [2.05, 4.69) is 10.3 Å². The molecule has 0 saturated heterocycles. The Morgan fingerprint density at radius 1 is 1.19 bits per heavy atom. The van der Waals surface area contributed by atoms with Crippen LogP contribution >= 0.6 is 11.6 Å². The van der Waals surface area contributed by atoms with Crippen LogP contribution in [0.3, 0.4) is 0 Å². The van der Waals surface area contributed by atoms with Crippen molar-refractivity contribution < 1.29 is 14.3 Å². The fraction of sp³-hybridized carbons (Fsp3) is 0.211. The van der Waals surface area contributed by atoms with Crippen LogP contribution in [0.1, 0.15) is 28.7 Å². The molecule has 0 aliphatic carbocycles. The molecule has 134 valence electrons. The summed E-state index contributed by atoms with van der Waals surface area (Å²) in [5.74, 6) is -1.10. The highest BCUT2D eigenvalue weighted by molar-refractivity contribution is 6.31. The number of nitrogens with one attached hydrogen (secondary N) is 1. The molecule has 0 bridgehead atoms. The molecule has 3 aromatic rings. The number of aryl methyl sites for hydroxylation is 1. The monoisotopic (exact) mass is 371 g/mol. The molecule has 2 heterocycles. The molecule has 0 saturated carbocycles. The van der Waals surface area contributed by atoms with Crippen LogP contribution in [-0.4, -0.2) is 27.4 Å². The van der Waals surface area contributed by atoms with Crippen LogP contribution < -0.4 is 5.32 Å². The van der Waals surface area contributed by atoms with Crippen LogP contribution in [0, 0.1) is 13.8 Å². The first kappa shape index (κ1) is 17.9. The third-order valence-corrected chi connectivity index (χ3v) is 4.49. The summed E-state index contributed by atoms with van der Waals surface area (Å²) < 4.78 is 7.04. The number of fused-ring (bicyclic) bond motifs is 1. The highest BCUT2D eigenvalue weighted by Crippen LogP contribution is 2.23. The zero-order valence-corrected chi connectivity index (χ0v) is 15.4. The first-order chi connectivity index (χ1) is 12.4. The van der Waals surface area contributed by atoms with Crippen LogP contribution in [-0.2, 0) is 9.53 Å². The normalized spacial score (nSPS) is 12.0. The average molecular weight is 372 g/mol. The number of anilines is 1. The van der Waals surface area contributed by atoms with Gasteiger partial charge in [-0.3, -0.25) is 4.79 Å².